The van der Waals surface area contributed by atoms with Gasteiger partial charge in [0, 0.05) is 11.4 Å². The number of carbonyl (C=O) groups excluding carboxylic acids is 2. The zero-order chi connectivity index (χ0) is 19.5. The Morgan fingerprint density at radius 2 is 2.00 bits per heavy atom. The molecular weight excluding hydrogens is 354 g/mol. The van der Waals surface area contributed by atoms with Gasteiger partial charge in [-0.1, -0.05) is 12.1 Å². The van der Waals surface area contributed by atoms with Crippen LogP contribution in [0.25, 0.3) is 0 Å². The van der Waals surface area contributed by atoms with Crippen LogP contribution in [0, 0.1) is 5.92 Å². The maximum Gasteiger partial charge on any atom is 0.244 e. The Kier molecular flexibility index (Phi) is 5.10. The SMILES string of the molecule is CCOc1ccc(NC(=O)CN2C(=O)C3CCCC3=Nc3ccccc32)cc1. The molecule has 1 fully saturated rings. The van der Waals surface area contributed by atoms with E-state index in [1.807, 2.05) is 43.3 Å². The molecule has 28 heavy (non-hydrogen) atoms. The van der Waals surface area contributed by atoms with Crippen molar-refractivity contribution in [1.29, 1.82) is 0 Å². The quantitative estimate of drug-likeness (QED) is 0.858. The van der Waals surface area contributed by atoms with Crippen molar-refractivity contribution in [2.75, 3.05) is 23.4 Å². The molecule has 0 bridgehead atoms. The van der Waals surface area contributed by atoms with Crippen molar-refractivity contribution in [3.8, 4) is 5.75 Å². The summed E-state index contributed by atoms with van der Waals surface area (Å²) >= 11 is 0. The number of para-hydroxylation sites is 2. The lowest BCUT2D eigenvalue weighted by Crippen LogP contribution is -2.41. The van der Waals surface area contributed by atoms with Gasteiger partial charge in [0.05, 0.1) is 23.9 Å². The number of aliphatic imine (C=N–C) groups is 1. The molecule has 1 saturated carbocycles. The summed E-state index contributed by atoms with van der Waals surface area (Å²) in [5, 5.41) is 2.86. The second-order valence-electron chi connectivity index (χ2n) is 6.97. The number of rotatable bonds is 5. The summed E-state index contributed by atoms with van der Waals surface area (Å²) in [6.45, 7) is 2.47. The molecule has 6 heteroatoms. The van der Waals surface area contributed by atoms with Crippen molar-refractivity contribution in [2.24, 2.45) is 10.9 Å². The topological polar surface area (TPSA) is 71.0 Å². The summed E-state index contributed by atoms with van der Waals surface area (Å²) in [5.41, 5.74) is 3.05. The Hall–Kier alpha value is -3.15. The molecule has 1 aliphatic carbocycles. The summed E-state index contributed by atoms with van der Waals surface area (Å²) in [7, 11) is 0. The van der Waals surface area contributed by atoms with Gasteiger partial charge in [-0.3, -0.25) is 14.6 Å². The summed E-state index contributed by atoms with van der Waals surface area (Å²) < 4.78 is 5.42. The molecule has 0 saturated heterocycles. The number of anilines is 2. The maximum atomic E-state index is 13.1. The summed E-state index contributed by atoms with van der Waals surface area (Å²) in [5.74, 6) is 0.255. The molecule has 1 heterocycles. The molecule has 1 N–H and O–H groups in total. The number of nitrogens with zero attached hydrogens (tertiary/aromatic N) is 2. The van der Waals surface area contributed by atoms with E-state index < -0.39 is 0 Å². The average Bonchev–Trinajstić information content (AvgIpc) is 3.12. The molecule has 1 unspecified atom stereocenters. The van der Waals surface area contributed by atoms with E-state index in [4.69, 9.17) is 9.73 Å². The van der Waals surface area contributed by atoms with Crippen molar-refractivity contribution in [3.05, 3.63) is 48.5 Å². The lowest BCUT2D eigenvalue weighted by Gasteiger charge is -2.24. The fourth-order valence-corrected chi connectivity index (χ4v) is 3.78. The van der Waals surface area contributed by atoms with E-state index in [1.165, 1.54) is 0 Å². The predicted molar refractivity (Wildman–Crippen MR) is 109 cm³/mol. The second kappa shape index (κ2) is 7.84. The highest BCUT2D eigenvalue weighted by molar-refractivity contribution is 6.16. The van der Waals surface area contributed by atoms with Gasteiger partial charge in [0.1, 0.15) is 12.3 Å². The van der Waals surface area contributed by atoms with E-state index in [9.17, 15) is 9.59 Å². The van der Waals surface area contributed by atoms with Gasteiger partial charge in [-0.2, -0.15) is 0 Å². The summed E-state index contributed by atoms with van der Waals surface area (Å²) in [6.07, 6.45) is 2.60. The van der Waals surface area contributed by atoms with E-state index in [0.717, 1.165) is 36.4 Å². The highest BCUT2D eigenvalue weighted by Crippen LogP contribution is 2.37. The molecule has 2 aromatic rings. The Labute approximate surface area is 164 Å². The number of hydrogen-bond acceptors (Lipinski definition) is 4. The van der Waals surface area contributed by atoms with Crippen LogP contribution in [-0.4, -0.2) is 30.7 Å². The number of ether oxygens (including phenoxy) is 1. The van der Waals surface area contributed by atoms with E-state index in [2.05, 4.69) is 5.32 Å². The van der Waals surface area contributed by atoms with Crippen molar-refractivity contribution in [2.45, 2.75) is 26.2 Å². The van der Waals surface area contributed by atoms with Gasteiger partial charge in [-0.25, -0.2) is 0 Å². The fourth-order valence-electron chi connectivity index (χ4n) is 3.78. The van der Waals surface area contributed by atoms with E-state index in [1.54, 1.807) is 17.0 Å². The molecule has 0 spiro atoms. The Morgan fingerprint density at radius 1 is 1.21 bits per heavy atom. The number of benzene rings is 2. The Balaban J connectivity index is 1.53. The van der Waals surface area contributed by atoms with Crippen LogP contribution in [0.4, 0.5) is 17.1 Å². The highest BCUT2D eigenvalue weighted by atomic mass is 16.5. The van der Waals surface area contributed by atoms with Crippen LogP contribution in [-0.2, 0) is 9.59 Å². The van der Waals surface area contributed by atoms with Crippen LogP contribution in [0.1, 0.15) is 26.2 Å². The van der Waals surface area contributed by atoms with Gasteiger partial charge >= 0.3 is 0 Å². The maximum absolute atomic E-state index is 13.1. The van der Waals surface area contributed by atoms with Gasteiger partial charge < -0.3 is 15.0 Å². The molecule has 2 aliphatic rings. The summed E-state index contributed by atoms with van der Waals surface area (Å²) in [4.78, 5) is 32.1. The summed E-state index contributed by atoms with van der Waals surface area (Å²) in [6, 6.07) is 14.7. The van der Waals surface area contributed by atoms with Crippen molar-refractivity contribution >= 4 is 34.6 Å². The van der Waals surface area contributed by atoms with Crippen molar-refractivity contribution in [3.63, 3.8) is 0 Å². The number of amides is 2. The van der Waals surface area contributed by atoms with Crippen molar-refractivity contribution < 1.29 is 14.3 Å². The highest BCUT2D eigenvalue weighted by Gasteiger charge is 2.37. The molecule has 0 radical (unpaired) electrons. The van der Waals surface area contributed by atoms with Gasteiger partial charge in [0.15, 0.2) is 0 Å². The standard InChI is InChI=1S/C22H23N3O3/c1-2-28-16-12-10-15(11-13-16)23-21(26)14-25-20-9-4-3-7-19(20)24-18-8-5-6-17(18)22(25)27/h3-4,7,9-13,17H,2,5-6,8,14H2,1H3,(H,23,26). The van der Waals surface area contributed by atoms with Crippen LogP contribution in [0.5, 0.6) is 5.75 Å². The third-order valence-corrected chi connectivity index (χ3v) is 5.08. The predicted octanol–water partition coefficient (Wildman–Crippen LogP) is 3.94. The zero-order valence-electron chi connectivity index (χ0n) is 15.9. The van der Waals surface area contributed by atoms with Gasteiger partial charge in [0.25, 0.3) is 0 Å². The van der Waals surface area contributed by atoms with Crippen LogP contribution >= 0.6 is 0 Å². The smallest absolute Gasteiger partial charge is 0.244 e. The first-order valence-corrected chi connectivity index (χ1v) is 9.66. The largest absolute Gasteiger partial charge is 0.494 e. The van der Waals surface area contributed by atoms with E-state index in [0.29, 0.717) is 18.0 Å². The number of hydrogen-bond donors (Lipinski definition) is 1. The van der Waals surface area contributed by atoms with E-state index in [-0.39, 0.29) is 24.3 Å². The monoisotopic (exact) mass is 377 g/mol. The van der Waals surface area contributed by atoms with Gasteiger partial charge in [-0.15, -0.1) is 0 Å². The number of nitrogens with one attached hydrogen (secondary N) is 1. The minimum absolute atomic E-state index is 0.0388. The molecular formula is C22H23N3O3. The third-order valence-electron chi connectivity index (χ3n) is 5.08. The Bertz CT molecular complexity index is 921. The minimum Gasteiger partial charge on any atom is -0.494 e. The molecule has 1 aliphatic heterocycles. The molecule has 144 valence electrons. The molecule has 6 nitrogen and oxygen atoms in total. The van der Waals surface area contributed by atoms with Crippen LogP contribution < -0.4 is 15.0 Å². The average molecular weight is 377 g/mol. The van der Waals surface area contributed by atoms with Crippen LogP contribution in [0.2, 0.25) is 0 Å². The molecule has 2 aromatic carbocycles. The minimum atomic E-state index is -0.242. The molecule has 4 rings (SSSR count). The van der Waals surface area contributed by atoms with Gasteiger partial charge in [-0.05, 0) is 62.6 Å². The first-order valence-electron chi connectivity index (χ1n) is 9.66. The van der Waals surface area contributed by atoms with Gasteiger partial charge in [0.2, 0.25) is 11.8 Å². The Morgan fingerprint density at radius 3 is 2.79 bits per heavy atom. The second-order valence-corrected chi connectivity index (χ2v) is 6.97. The normalized spacial score (nSPS) is 18.0. The van der Waals surface area contributed by atoms with E-state index >= 15 is 0 Å². The molecule has 0 aromatic heterocycles. The number of fused-ring (bicyclic) bond motifs is 2. The lowest BCUT2D eigenvalue weighted by atomic mass is 10.1. The first kappa shape index (κ1) is 18.2. The van der Waals surface area contributed by atoms with Crippen molar-refractivity contribution in [1.82, 2.24) is 0 Å². The first-order chi connectivity index (χ1) is 13.7. The fraction of sp³-hybridized carbons (Fsp3) is 0.318. The zero-order valence-corrected chi connectivity index (χ0v) is 15.9. The number of carbonyl (C=O) groups is 2. The third kappa shape index (κ3) is 3.63. The molecule has 2 amide bonds. The van der Waals surface area contributed by atoms with Crippen LogP contribution in [0.15, 0.2) is 53.5 Å². The van der Waals surface area contributed by atoms with Crippen LogP contribution in [0.3, 0.4) is 0 Å². The lowest BCUT2D eigenvalue weighted by molar-refractivity contribution is -0.122. The molecule has 1 atom stereocenters.